The van der Waals surface area contributed by atoms with Gasteiger partial charge in [-0.05, 0) is 50.8 Å². The molecule has 1 aromatic heterocycles. The van der Waals surface area contributed by atoms with Crippen molar-refractivity contribution in [3.63, 3.8) is 0 Å². The van der Waals surface area contributed by atoms with Crippen molar-refractivity contribution in [2.75, 3.05) is 18.4 Å². The molecule has 1 aliphatic heterocycles. The Kier molecular flexibility index (Phi) is 5.64. The fraction of sp³-hybridized carbons (Fsp3) is 0.722. The van der Waals surface area contributed by atoms with Crippen molar-refractivity contribution in [1.82, 2.24) is 9.88 Å². The highest BCUT2D eigenvalue weighted by Gasteiger charge is 2.34. The van der Waals surface area contributed by atoms with Gasteiger partial charge in [0.2, 0.25) is 0 Å². The third-order valence-corrected chi connectivity index (χ3v) is 5.35. The van der Waals surface area contributed by atoms with Crippen LogP contribution in [0, 0.1) is 0 Å². The fourth-order valence-corrected chi connectivity index (χ4v) is 4.18. The largest absolute Gasteiger partial charge is 0.419 e. The Bertz CT molecular complexity index is 526. The second-order valence-electron chi connectivity index (χ2n) is 6.94. The summed E-state index contributed by atoms with van der Waals surface area (Å²) in [4.78, 5) is 6.51. The summed E-state index contributed by atoms with van der Waals surface area (Å²) in [6.07, 6.45) is 6.75. The Morgan fingerprint density at radius 2 is 1.88 bits per heavy atom. The molecule has 0 unspecified atom stereocenters. The summed E-state index contributed by atoms with van der Waals surface area (Å²) in [7, 11) is 0. The van der Waals surface area contributed by atoms with Crippen LogP contribution in [0.25, 0.3) is 0 Å². The zero-order valence-electron chi connectivity index (χ0n) is 14.0. The van der Waals surface area contributed by atoms with Gasteiger partial charge >= 0.3 is 6.18 Å². The van der Waals surface area contributed by atoms with E-state index >= 15 is 0 Å². The quantitative estimate of drug-likeness (QED) is 0.841. The van der Waals surface area contributed by atoms with Crippen LogP contribution in [0.15, 0.2) is 18.3 Å². The van der Waals surface area contributed by atoms with Gasteiger partial charge in [0.25, 0.3) is 0 Å². The molecule has 0 amide bonds. The molecule has 3 nitrogen and oxygen atoms in total. The first-order valence-corrected chi connectivity index (χ1v) is 9.07. The number of piperidine rings is 1. The molecule has 24 heavy (non-hydrogen) atoms. The molecule has 1 saturated carbocycles. The number of nitrogens with zero attached hydrogens (tertiary/aromatic N) is 2. The molecule has 1 aliphatic carbocycles. The van der Waals surface area contributed by atoms with Gasteiger partial charge in [0, 0.05) is 24.8 Å². The molecule has 1 N–H and O–H groups in total. The van der Waals surface area contributed by atoms with E-state index in [-0.39, 0.29) is 5.82 Å². The van der Waals surface area contributed by atoms with Crippen molar-refractivity contribution in [3.05, 3.63) is 23.9 Å². The van der Waals surface area contributed by atoms with E-state index < -0.39 is 11.7 Å². The highest BCUT2D eigenvalue weighted by Crippen LogP contribution is 2.34. The summed E-state index contributed by atoms with van der Waals surface area (Å²) in [6, 6.07) is 3.60. The topological polar surface area (TPSA) is 28.2 Å². The van der Waals surface area contributed by atoms with E-state index in [4.69, 9.17) is 0 Å². The predicted molar refractivity (Wildman–Crippen MR) is 88.9 cm³/mol. The lowest BCUT2D eigenvalue weighted by Crippen LogP contribution is -2.45. The second-order valence-corrected chi connectivity index (χ2v) is 6.94. The molecule has 2 fully saturated rings. The maximum atomic E-state index is 13.0. The molecule has 0 radical (unpaired) electrons. The van der Waals surface area contributed by atoms with E-state index in [9.17, 15) is 13.2 Å². The average Bonchev–Trinajstić information content (AvgIpc) is 3.09. The minimum atomic E-state index is -4.36. The maximum absolute atomic E-state index is 13.0. The van der Waals surface area contributed by atoms with Crippen LogP contribution in [0.5, 0.6) is 0 Å². The number of hydrogen-bond acceptors (Lipinski definition) is 3. The molecular formula is C18H26F3N3. The number of aromatic nitrogens is 1. The highest BCUT2D eigenvalue weighted by molar-refractivity contribution is 5.45. The Morgan fingerprint density at radius 1 is 1.12 bits per heavy atom. The van der Waals surface area contributed by atoms with Gasteiger partial charge < -0.3 is 5.32 Å². The van der Waals surface area contributed by atoms with E-state index in [0.29, 0.717) is 18.6 Å². The van der Waals surface area contributed by atoms with Crippen LogP contribution in [0.2, 0.25) is 0 Å². The van der Waals surface area contributed by atoms with Gasteiger partial charge in [-0.25, -0.2) is 4.98 Å². The van der Waals surface area contributed by atoms with Crippen LogP contribution in [-0.2, 0) is 6.18 Å². The van der Waals surface area contributed by atoms with Crippen LogP contribution < -0.4 is 5.32 Å². The van der Waals surface area contributed by atoms with E-state index in [0.717, 1.165) is 25.5 Å². The number of halogens is 3. The summed E-state index contributed by atoms with van der Waals surface area (Å²) < 4.78 is 39.0. The Hall–Kier alpha value is -1.30. The summed E-state index contributed by atoms with van der Waals surface area (Å²) in [5, 5.41) is 2.92. The Balaban J connectivity index is 1.57. The zero-order chi connectivity index (χ0) is 17.0. The summed E-state index contributed by atoms with van der Waals surface area (Å²) >= 11 is 0. The predicted octanol–water partition coefficient (Wildman–Crippen LogP) is 4.70. The molecule has 1 saturated heterocycles. The van der Waals surface area contributed by atoms with Crippen molar-refractivity contribution in [1.29, 1.82) is 0 Å². The maximum Gasteiger partial charge on any atom is 0.419 e. The van der Waals surface area contributed by atoms with Crippen molar-refractivity contribution in [3.8, 4) is 0 Å². The molecule has 1 aromatic rings. The molecule has 2 aliphatic rings. The van der Waals surface area contributed by atoms with Gasteiger partial charge in [-0.15, -0.1) is 0 Å². The molecule has 6 heteroatoms. The molecule has 0 aromatic carbocycles. The van der Waals surface area contributed by atoms with Gasteiger partial charge in [0.05, 0.1) is 5.56 Å². The molecule has 3 rings (SSSR count). The normalized spacial score (nSPS) is 23.5. The summed E-state index contributed by atoms with van der Waals surface area (Å²) in [5.74, 6) is -0.0479. The molecular weight excluding hydrogens is 315 g/mol. The van der Waals surface area contributed by atoms with Crippen LogP contribution in [0.3, 0.4) is 0 Å². The first-order chi connectivity index (χ1) is 11.6. The van der Waals surface area contributed by atoms with Crippen LogP contribution in [0.1, 0.15) is 56.9 Å². The van der Waals surface area contributed by atoms with Gasteiger partial charge in [-0.3, -0.25) is 4.90 Å². The van der Waals surface area contributed by atoms with E-state index in [1.807, 2.05) is 0 Å². The Labute approximate surface area is 141 Å². The van der Waals surface area contributed by atoms with E-state index in [2.05, 4.69) is 15.2 Å². The number of alkyl halides is 3. The number of hydrogen-bond donors (Lipinski definition) is 1. The molecule has 134 valence electrons. The minimum absolute atomic E-state index is 0.0479. The third-order valence-electron chi connectivity index (χ3n) is 5.35. The highest BCUT2D eigenvalue weighted by atomic mass is 19.4. The molecule has 0 spiro atoms. The number of likely N-dealkylation sites (tertiary alicyclic amines) is 1. The van der Waals surface area contributed by atoms with Gasteiger partial charge in [0.15, 0.2) is 0 Å². The van der Waals surface area contributed by atoms with E-state index in [1.165, 1.54) is 50.8 Å². The zero-order valence-corrected chi connectivity index (χ0v) is 14.0. The molecule has 2 heterocycles. The average molecular weight is 341 g/mol. The first kappa shape index (κ1) is 17.5. The SMILES string of the molecule is FC(F)(F)c1cccnc1NCC[C@H]1CCCCN1C1CCCC1. The van der Waals surface area contributed by atoms with Crippen LogP contribution in [0.4, 0.5) is 19.0 Å². The van der Waals surface area contributed by atoms with Crippen molar-refractivity contribution >= 4 is 5.82 Å². The minimum Gasteiger partial charge on any atom is -0.370 e. The lowest BCUT2D eigenvalue weighted by Gasteiger charge is -2.40. The third kappa shape index (κ3) is 4.21. The summed E-state index contributed by atoms with van der Waals surface area (Å²) in [5.41, 5.74) is -0.679. The van der Waals surface area contributed by atoms with Gasteiger partial charge in [-0.1, -0.05) is 19.3 Å². The molecule has 0 bridgehead atoms. The lowest BCUT2D eigenvalue weighted by atomic mass is 9.96. The number of pyridine rings is 1. The number of nitrogens with one attached hydrogen (secondary N) is 1. The van der Waals surface area contributed by atoms with Crippen LogP contribution in [-0.4, -0.2) is 35.1 Å². The van der Waals surface area contributed by atoms with Crippen molar-refractivity contribution in [2.24, 2.45) is 0 Å². The van der Waals surface area contributed by atoms with E-state index in [1.54, 1.807) is 0 Å². The van der Waals surface area contributed by atoms with Gasteiger partial charge in [-0.2, -0.15) is 13.2 Å². The number of rotatable bonds is 5. The van der Waals surface area contributed by atoms with Crippen LogP contribution >= 0.6 is 0 Å². The van der Waals surface area contributed by atoms with Crippen molar-refractivity contribution in [2.45, 2.75) is 69.6 Å². The number of anilines is 1. The monoisotopic (exact) mass is 341 g/mol. The van der Waals surface area contributed by atoms with Crippen molar-refractivity contribution < 1.29 is 13.2 Å². The fourth-order valence-electron chi connectivity index (χ4n) is 4.18. The van der Waals surface area contributed by atoms with Gasteiger partial charge in [0.1, 0.15) is 5.82 Å². The first-order valence-electron chi connectivity index (χ1n) is 9.07. The smallest absolute Gasteiger partial charge is 0.370 e. The second kappa shape index (κ2) is 7.72. The standard InChI is InChI=1S/C18H26F3N3/c19-18(20,21)16-9-5-11-22-17(16)23-12-10-15-8-3-4-13-24(15)14-6-1-2-7-14/h5,9,11,14-15H,1-4,6-8,10,12-13H2,(H,22,23)/t15-/m1/s1. The lowest BCUT2D eigenvalue weighted by molar-refractivity contribution is -0.137. The summed E-state index contributed by atoms with van der Waals surface area (Å²) in [6.45, 7) is 1.68. The molecule has 1 atom stereocenters. The Morgan fingerprint density at radius 3 is 2.62 bits per heavy atom.